The summed E-state index contributed by atoms with van der Waals surface area (Å²) in [6, 6.07) is 0. The van der Waals surface area contributed by atoms with Crippen molar-refractivity contribution in [2.24, 2.45) is 0 Å². The SMILES string of the molecule is CC/C=C\C/C=C\C/C=C\C/C=C\C/C=C\C/C=C\CCC(=O)OC1C(OCC(COC(=O)CCCCCCCCC/C=C\C/C=C\CCCCC)OC(=O)CCCCCCCCCCCCCCC)OC(C(=O)O)C(O)C1O. The molecule has 0 saturated carbocycles. The third kappa shape index (κ3) is 44.0. The van der Waals surface area contributed by atoms with E-state index in [1.54, 1.807) is 0 Å². The summed E-state index contributed by atoms with van der Waals surface area (Å²) in [6.45, 7) is 5.83. The minimum absolute atomic E-state index is 0.0679. The van der Waals surface area contributed by atoms with E-state index in [9.17, 15) is 34.5 Å². The zero-order valence-electron chi connectivity index (χ0n) is 49.6. The second-order valence-corrected chi connectivity index (χ2v) is 21.0. The lowest BCUT2D eigenvalue weighted by atomic mass is 9.98. The van der Waals surface area contributed by atoms with E-state index < -0.39 is 67.3 Å². The van der Waals surface area contributed by atoms with Crippen LogP contribution in [0, 0.1) is 0 Å². The number of carbonyl (C=O) groups excluding carboxylic acids is 3. The number of allylic oxidation sites excluding steroid dienone is 16. The van der Waals surface area contributed by atoms with Gasteiger partial charge in [0.2, 0.25) is 0 Å². The topological polar surface area (TPSA) is 175 Å². The minimum atomic E-state index is -1.93. The normalized spacial score (nSPS) is 18.5. The van der Waals surface area contributed by atoms with Gasteiger partial charge in [0.15, 0.2) is 24.6 Å². The fraction of sp³-hybridized carbons (Fsp3) is 0.701. The third-order valence-electron chi connectivity index (χ3n) is 13.7. The first-order valence-electron chi connectivity index (χ1n) is 31.2. The van der Waals surface area contributed by atoms with Crippen LogP contribution in [0.25, 0.3) is 0 Å². The standard InChI is InChI=1S/C67H110O12/c1-4-7-10-13-16-19-22-25-27-29-30-32-34-37-40-43-46-49-52-55-61(70)78-65-63(72)62(71)64(66(73)74)79-67(65)76-57-58(77-60(69)54-51-48-45-42-39-35-24-21-18-15-12-9-6-3)56-75-59(68)53-50-47-44-41-38-36-33-31-28-26-23-20-17-14-11-8-5-2/h7,10,16-17,19-20,25-28,30,32,37,40,46,49,58,62-65,67,71-72H,4-6,8-9,11-15,18,21-24,29,31,33-36,38-39,41-45,47-48,50-57H2,1-3H3,(H,73,74)/b10-7-,19-16-,20-17-,27-25-,28-26-,32-30-,40-37-,49-46-. The lowest BCUT2D eigenvalue weighted by Gasteiger charge is -2.40. The molecule has 0 radical (unpaired) electrons. The molecule has 12 heteroatoms. The van der Waals surface area contributed by atoms with E-state index in [4.69, 9.17) is 23.7 Å². The lowest BCUT2D eigenvalue weighted by Crippen LogP contribution is -2.61. The molecular formula is C67H110O12. The van der Waals surface area contributed by atoms with Crippen molar-refractivity contribution < 1.29 is 58.2 Å². The van der Waals surface area contributed by atoms with Gasteiger partial charge in [-0.3, -0.25) is 14.4 Å². The van der Waals surface area contributed by atoms with Crippen LogP contribution in [0.15, 0.2) is 97.2 Å². The molecule has 1 saturated heterocycles. The van der Waals surface area contributed by atoms with E-state index in [0.717, 1.165) is 89.9 Å². The highest BCUT2D eigenvalue weighted by Crippen LogP contribution is 2.26. The summed E-state index contributed by atoms with van der Waals surface area (Å²) in [5, 5.41) is 31.5. The van der Waals surface area contributed by atoms with Crippen LogP contribution in [0.3, 0.4) is 0 Å². The number of aliphatic hydroxyl groups is 2. The molecule has 1 fully saturated rings. The van der Waals surface area contributed by atoms with Crippen molar-refractivity contribution in [2.45, 2.75) is 289 Å². The Balaban J connectivity index is 2.71. The number of aliphatic hydroxyl groups excluding tert-OH is 2. The van der Waals surface area contributed by atoms with Crippen molar-refractivity contribution in [3.05, 3.63) is 97.2 Å². The van der Waals surface area contributed by atoms with Crippen molar-refractivity contribution in [2.75, 3.05) is 13.2 Å². The third-order valence-corrected chi connectivity index (χ3v) is 13.7. The maximum atomic E-state index is 13.2. The number of carboxylic acid groups (broad SMARTS) is 1. The van der Waals surface area contributed by atoms with Gasteiger partial charge in [0, 0.05) is 19.3 Å². The Morgan fingerprint density at radius 1 is 0.430 bits per heavy atom. The number of ether oxygens (including phenoxy) is 5. The molecule has 0 spiro atoms. The van der Waals surface area contributed by atoms with Crippen molar-refractivity contribution in [1.29, 1.82) is 0 Å². The van der Waals surface area contributed by atoms with Crippen LogP contribution >= 0.6 is 0 Å². The van der Waals surface area contributed by atoms with Gasteiger partial charge < -0.3 is 39.0 Å². The van der Waals surface area contributed by atoms with Crippen LogP contribution in [0.4, 0.5) is 0 Å². The van der Waals surface area contributed by atoms with Crippen LogP contribution in [0.1, 0.15) is 252 Å². The summed E-state index contributed by atoms with van der Waals surface area (Å²) < 4.78 is 28.4. The summed E-state index contributed by atoms with van der Waals surface area (Å²) in [5.41, 5.74) is 0. The molecule has 79 heavy (non-hydrogen) atoms. The smallest absolute Gasteiger partial charge is 0.335 e. The summed E-state index contributed by atoms with van der Waals surface area (Å²) in [6.07, 6.45) is 59.5. The molecule has 3 N–H and O–H groups in total. The van der Waals surface area contributed by atoms with Gasteiger partial charge in [0.25, 0.3) is 0 Å². The van der Waals surface area contributed by atoms with E-state index in [0.29, 0.717) is 25.7 Å². The van der Waals surface area contributed by atoms with Crippen molar-refractivity contribution in [3.8, 4) is 0 Å². The predicted octanol–water partition coefficient (Wildman–Crippen LogP) is 16.5. The summed E-state index contributed by atoms with van der Waals surface area (Å²) in [4.78, 5) is 51.2. The van der Waals surface area contributed by atoms with Gasteiger partial charge >= 0.3 is 23.9 Å². The second kappa shape index (κ2) is 54.2. The predicted molar refractivity (Wildman–Crippen MR) is 321 cm³/mol. The number of carboxylic acids is 1. The van der Waals surface area contributed by atoms with E-state index in [1.165, 1.54) is 96.3 Å². The van der Waals surface area contributed by atoms with Gasteiger partial charge in [0.1, 0.15) is 18.8 Å². The minimum Gasteiger partial charge on any atom is -0.479 e. The summed E-state index contributed by atoms with van der Waals surface area (Å²) in [5.74, 6) is -3.24. The Morgan fingerprint density at radius 3 is 1.29 bits per heavy atom. The molecular weight excluding hydrogens is 997 g/mol. The van der Waals surface area contributed by atoms with E-state index in [1.807, 2.05) is 18.2 Å². The Labute approximate surface area is 479 Å². The highest BCUT2D eigenvalue weighted by atomic mass is 16.7. The fourth-order valence-corrected chi connectivity index (χ4v) is 8.89. The van der Waals surface area contributed by atoms with E-state index in [-0.39, 0.29) is 25.9 Å². The first-order chi connectivity index (χ1) is 38.6. The fourth-order valence-electron chi connectivity index (χ4n) is 8.89. The van der Waals surface area contributed by atoms with Crippen LogP contribution in [0.5, 0.6) is 0 Å². The summed E-state index contributed by atoms with van der Waals surface area (Å²) >= 11 is 0. The van der Waals surface area contributed by atoms with Gasteiger partial charge in [-0.05, 0) is 89.9 Å². The zero-order chi connectivity index (χ0) is 57.5. The zero-order valence-corrected chi connectivity index (χ0v) is 49.6. The number of hydrogen-bond acceptors (Lipinski definition) is 11. The quantitative estimate of drug-likeness (QED) is 0.0228. The number of rotatable bonds is 52. The Hall–Kier alpha value is -4.36. The van der Waals surface area contributed by atoms with Crippen LogP contribution in [-0.2, 0) is 42.9 Å². The molecule has 0 amide bonds. The number of carbonyl (C=O) groups is 4. The van der Waals surface area contributed by atoms with Gasteiger partial charge in [0.05, 0.1) is 6.61 Å². The maximum Gasteiger partial charge on any atom is 0.335 e. The first-order valence-corrected chi connectivity index (χ1v) is 31.2. The Morgan fingerprint density at radius 2 is 0.823 bits per heavy atom. The van der Waals surface area contributed by atoms with Crippen LogP contribution in [0.2, 0.25) is 0 Å². The van der Waals surface area contributed by atoms with Gasteiger partial charge in [-0.2, -0.15) is 0 Å². The average molecular weight is 1110 g/mol. The Bertz CT molecular complexity index is 1740. The van der Waals surface area contributed by atoms with Crippen molar-refractivity contribution >= 4 is 23.9 Å². The molecule has 0 bridgehead atoms. The Kier molecular flexibility index (Phi) is 49.9. The molecule has 6 unspecified atom stereocenters. The molecule has 0 aliphatic carbocycles. The molecule has 450 valence electrons. The van der Waals surface area contributed by atoms with Gasteiger partial charge in [-0.25, -0.2) is 4.79 Å². The van der Waals surface area contributed by atoms with Crippen LogP contribution < -0.4 is 0 Å². The number of hydrogen-bond donors (Lipinski definition) is 3. The number of aliphatic carboxylic acids is 1. The highest BCUT2D eigenvalue weighted by Gasteiger charge is 2.50. The molecule has 12 nitrogen and oxygen atoms in total. The lowest BCUT2D eigenvalue weighted by molar-refractivity contribution is -0.301. The van der Waals surface area contributed by atoms with E-state index in [2.05, 4.69) is 99.8 Å². The average Bonchev–Trinajstić information content (AvgIpc) is 3.46. The first kappa shape index (κ1) is 72.7. The van der Waals surface area contributed by atoms with Gasteiger partial charge in [-0.1, -0.05) is 240 Å². The largest absolute Gasteiger partial charge is 0.479 e. The molecule has 0 aromatic rings. The van der Waals surface area contributed by atoms with E-state index >= 15 is 0 Å². The van der Waals surface area contributed by atoms with Crippen LogP contribution in [-0.4, -0.2) is 89.2 Å². The monoisotopic (exact) mass is 1110 g/mol. The van der Waals surface area contributed by atoms with Crippen molar-refractivity contribution in [3.63, 3.8) is 0 Å². The number of esters is 3. The molecule has 1 rings (SSSR count). The molecule has 6 atom stereocenters. The molecule has 1 aliphatic heterocycles. The molecule has 1 heterocycles. The molecule has 1 aliphatic rings. The second-order valence-electron chi connectivity index (χ2n) is 21.0. The summed E-state index contributed by atoms with van der Waals surface area (Å²) in [7, 11) is 0. The van der Waals surface area contributed by atoms with Crippen molar-refractivity contribution in [1.82, 2.24) is 0 Å². The highest BCUT2D eigenvalue weighted by molar-refractivity contribution is 5.74. The van der Waals surface area contributed by atoms with Gasteiger partial charge in [-0.15, -0.1) is 0 Å². The molecule has 0 aromatic heterocycles. The maximum absolute atomic E-state index is 13.2. The molecule has 0 aromatic carbocycles. The number of unbranched alkanes of at least 4 members (excludes halogenated alkanes) is 22.